The topological polar surface area (TPSA) is 71.3 Å². The number of alkyl halides is 3. The second kappa shape index (κ2) is 11.1. The van der Waals surface area contributed by atoms with Crippen molar-refractivity contribution in [3.05, 3.63) is 93.2 Å². The third-order valence-electron chi connectivity index (χ3n) is 4.70. The molecule has 1 amide bonds. The molecule has 0 aliphatic carbocycles. The maximum Gasteiger partial charge on any atom is 0.416 e. The Kier molecular flexibility index (Phi) is 8.14. The van der Waals surface area contributed by atoms with Gasteiger partial charge in [-0.2, -0.15) is 18.4 Å². The molecule has 0 aliphatic heterocycles. The molecule has 0 unspecified atom stereocenters. The molecule has 10 heteroatoms. The lowest BCUT2D eigenvalue weighted by molar-refractivity contribution is -0.137. The van der Waals surface area contributed by atoms with Gasteiger partial charge in [0.15, 0.2) is 11.5 Å². The summed E-state index contributed by atoms with van der Waals surface area (Å²) in [5.74, 6) is -0.588. The molecule has 0 fully saturated rings. The minimum atomic E-state index is -4.57. The predicted octanol–water partition coefficient (Wildman–Crippen LogP) is 6.74. The normalized spacial score (nSPS) is 11.5. The van der Waals surface area contributed by atoms with Gasteiger partial charge in [-0.25, -0.2) is 4.39 Å². The Morgan fingerprint density at radius 3 is 2.46 bits per heavy atom. The van der Waals surface area contributed by atoms with Crippen LogP contribution in [0.5, 0.6) is 11.5 Å². The van der Waals surface area contributed by atoms with Crippen LogP contribution in [0.15, 0.2) is 70.7 Å². The molecule has 0 saturated carbocycles. The van der Waals surface area contributed by atoms with E-state index in [4.69, 9.17) is 9.47 Å². The highest BCUT2D eigenvalue weighted by molar-refractivity contribution is 9.10. The average Bonchev–Trinajstić information content (AvgIpc) is 2.82. The van der Waals surface area contributed by atoms with Crippen molar-refractivity contribution in [1.29, 1.82) is 5.26 Å². The fraction of sp³-hybridized carbons (Fsp3) is 0.120. The number of nitrogens with zero attached hydrogens (tertiary/aromatic N) is 1. The molecule has 0 aliphatic rings. The first-order valence-electron chi connectivity index (χ1n) is 9.96. The maximum absolute atomic E-state index is 13.1. The standard InChI is InChI=1S/C25H17BrF4N2O3/c1-34-22-10-16(21(26)12-23(22)35-14-15-5-7-19(27)8-6-15)9-17(13-31)24(33)32-20-4-2-3-18(11-20)25(28,29)30/h2-12H,14H2,1H3,(H,32,33)/b17-9-. The molecule has 5 nitrogen and oxygen atoms in total. The van der Waals surface area contributed by atoms with E-state index in [1.54, 1.807) is 24.3 Å². The van der Waals surface area contributed by atoms with Gasteiger partial charge in [-0.15, -0.1) is 0 Å². The minimum absolute atomic E-state index is 0.104. The van der Waals surface area contributed by atoms with Crippen LogP contribution >= 0.6 is 15.9 Å². The molecule has 0 atom stereocenters. The zero-order valence-electron chi connectivity index (χ0n) is 18.1. The van der Waals surface area contributed by atoms with Crippen LogP contribution in [0.25, 0.3) is 6.08 Å². The summed E-state index contributed by atoms with van der Waals surface area (Å²) in [6, 6.07) is 14.7. The number of carbonyl (C=O) groups is 1. The molecule has 35 heavy (non-hydrogen) atoms. The average molecular weight is 549 g/mol. The zero-order chi connectivity index (χ0) is 25.6. The van der Waals surface area contributed by atoms with Crippen LogP contribution in [0, 0.1) is 17.1 Å². The van der Waals surface area contributed by atoms with Crippen molar-refractivity contribution in [1.82, 2.24) is 0 Å². The zero-order valence-corrected chi connectivity index (χ0v) is 19.7. The van der Waals surface area contributed by atoms with Crippen LogP contribution in [-0.2, 0) is 17.6 Å². The highest BCUT2D eigenvalue weighted by atomic mass is 79.9. The van der Waals surface area contributed by atoms with Crippen LogP contribution in [0.4, 0.5) is 23.2 Å². The number of ether oxygens (including phenoxy) is 2. The van der Waals surface area contributed by atoms with Crippen molar-refractivity contribution < 1.29 is 31.8 Å². The summed E-state index contributed by atoms with van der Waals surface area (Å²) in [4.78, 5) is 12.5. The van der Waals surface area contributed by atoms with E-state index in [2.05, 4.69) is 21.2 Å². The van der Waals surface area contributed by atoms with Gasteiger partial charge in [0.1, 0.15) is 24.1 Å². The molecule has 0 aromatic heterocycles. The summed E-state index contributed by atoms with van der Waals surface area (Å²) < 4.78 is 63.4. The number of hydrogen-bond acceptors (Lipinski definition) is 4. The summed E-state index contributed by atoms with van der Waals surface area (Å²) in [6.07, 6.45) is -3.31. The molecule has 0 heterocycles. The predicted molar refractivity (Wildman–Crippen MR) is 125 cm³/mol. The molecule has 3 aromatic rings. The summed E-state index contributed by atoms with van der Waals surface area (Å²) >= 11 is 3.36. The first kappa shape index (κ1) is 25.8. The molecule has 180 valence electrons. The Labute approximate surface area is 206 Å². The molecule has 0 radical (unpaired) electrons. The van der Waals surface area contributed by atoms with Gasteiger partial charge in [-0.1, -0.05) is 34.1 Å². The van der Waals surface area contributed by atoms with E-state index in [1.165, 1.54) is 37.5 Å². The highest BCUT2D eigenvalue weighted by Crippen LogP contribution is 2.35. The van der Waals surface area contributed by atoms with Gasteiger partial charge in [0.2, 0.25) is 0 Å². The molecule has 1 N–H and O–H groups in total. The van der Waals surface area contributed by atoms with E-state index >= 15 is 0 Å². The van der Waals surface area contributed by atoms with E-state index in [0.29, 0.717) is 21.5 Å². The lowest BCUT2D eigenvalue weighted by Crippen LogP contribution is -2.14. The van der Waals surface area contributed by atoms with Crippen molar-refractivity contribution in [2.75, 3.05) is 12.4 Å². The largest absolute Gasteiger partial charge is 0.493 e. The number of nitrogens with one attached hydrogen (secondary N) is 1. The monoisotopic (exact) mass is 548 g/mol. The van der Waals surface area contributed by atoms with Crippen LogP contribution in [0.1, 0.15) is 16.7 Å². The van der Waals surface area contributed by atoms with E-state index < -0.39 is 17.6 Å². The number of anilines is 1. The third-order valence-corrected chi connectivity index (χ3v) is 5.39. The Bertz CT molecular complexity index is 1300. The Hall–Kier alpha value is -3.84. The van der Waals surface area contributed by atoms with E-state index in [-0.39, 0.29) is 23.7 Å². The number of amides is 1. The minimum Gasteiger partial charge on any atom is -0.493 e. The Morgan fingerprint density at radius 2 is 1.83 bits per heavy atom. The quantitative estimate of drug-likeness (QED) is 0.201. The molecule has 0 spiro atoms. The second-order valence-electron chi connectivity index (χ2n) is 7.14. The van der Waals surface area contributed by atoms with Gasteiger partial charge in [0, 0.05) is 10.2 Å². The maximum atomic E-state index is 13.1. The first-order chi connectivity index (χ1) is 16.6. The highest BCUT2D eigenvalue weighted by Gasteiger charge is 2.30. The number of rotatable bonds is 7. The van der Waals surface area contributed by atoms with Crippen LogP contribution < -0.4 is 14.8 Å². The van der Waals surface area contributed by atoms with Crippen LogP contribution in [-0.4, -0.2) is 13.0 Å². The fourth-order valence-corrected chi connectivity index (χ4v) is 3.39. The summed E-state index contributed by atoms with van der Waals surface area (Å²) in [6.45, 7) is 0.140. The van der Waals surface area contributed by atoms with Crippen LogP contribution in [0.3, 0.4) is 0 Å². The molecule has 0 bridgehead atoms. The molecular weight excluding hydrogens is 532 g/mol. The summed E-state index contributed by atoms with van der Waals surface area (Å²) in [5.41, 5.74) is -0.253. The van der Waals surface area contributed by atoms with Gasteiger partial charge in [0.05, 0.1) is 12.7 Å². The molecule has 3 rings (SSSR count). The molecule has 0 saturated heterocycles. The summed E-state index contributed by atoms with van der Waals surface area (Å²) in [7, 11) is 1.41. The van der Waals surface area contributed by atoms with Gasteiger partial charge >= 0.3 is 6.18 Å². The molecular formula is C25H17BrF4N2O3. The van der Waals surface area contributed by atoms with Crippen LogP contribution in [0.2, 0.25) is 0 Å². The van der Waals surface area contributed by atoms with Crippen molar-refractivity contribution in [2.24, 2.45) is 0 Å². The number of halogens is 5. The molecule has 3 aromatic carbocycles. The van der Waals surface area contributed by atoms with E-state index in [1.807, 2.05) is 0 Å². The Morgan fingerprint density at radius 1 is 1.11 bits per heavy atom. The lowest BCUT2D eigenvalue weighted by Gasteiger charge is -2.13. The smallest absolute Gasteiger partial charge is 0.416 e. The third kappa shape index (κ3) is 6.83. The van der Waals surface area contributed by atoms with Gasteiger partial charge in [-0.05, 0) is 59.7 Å². The van der Waals surface area contributed by atoms with E-state index in [0.717, 1.165) is 23.8 Å². The number of hydrogen-bond donors (Lipinski definition) is 1. The first-order valence-corrected chi connectivity index (χ1v) is 10.7. The number of nitriles is 1. The number of carbonyl (C=O) groups excluding carboxylic acids is 1. The second-order valence-corrected chi connectivity index (χ2v) is 8.00. The van der Waals surface area contributed by atoms with E-state index in [9.17, 15) is 27.6 Å². The van der Waals surface area contributed by atoms with Gasteiger partial charge < -0.3 is 14.8 Å². The van der Waals surface area contributed by atoms with Crippen molar-refractivity contribution in [3.8, 4) is 17.6 Å². The number of benzene rings is 3. The van der Waals surface area contributed by atoms with Gasteiger partial charge in [0.25, 0.3) is 5.91 Å². The van der Waals surface area contributed by atoms with Crippen molar-refractivity contribution >= 4 is 33.6 Å². The van der Waals surface area contributed by atoms with Crippen molar-refractivity contribution in [2.45, 2.75) is 12.8 Å². The lowest BCUT2D eigenvalue weighted by atomic mass is 10.1. The number of methoxy groups -OCH3 is 1. The van der Waals surface area contributed by atoms with Crippen molar-refractivity contribution in [3.63, 3.8) is 0 Å². The summed E-state index contributed by atoms with van der Waals surface area (Å²) in [5, 5.41) is 11.8. The van der Waals surface area contributed by atoms with Gasteiger partial charge in [-0.3, -0.25) is 4.79 Å². The Balaban J connectivity index is 1.81. The SMILES string of the molecule is COc1cc(/C=C(/C#N)C(=O)Nc2cccc(C(F)(F)F)c2)c(Br)cc1OCc1ccc(F)cc1. The fourth-order valence-electron chi connectivity index (χ4n) is 2.95.